The van der Waals surface area contributed by atoms with Crippen molar-refractivity contribution >= 4 is 24.0 Å². The number of unbranched alkanes of at least 4 members (excludes halogenated alkanes) is 1. The number of rotatable bonds is 7. The second-order valence-electron chi connectivity index (χ2n) is 4.67. The van der Waals surface area contributed by atoms with Gasteiger partial charge in [-0.1, -0.05) is 6.07 Å². The number of nitrogens with two attached hydrogens (primary N) is 1. The van der Waals surface area contributed by atoms with Gasteiger partial charge >= 0.3 is 0 Å². The number of non-ortho nitro benzene ring substituents is 1. The highest BCUT2D eigenvalue weighted by Gasteiger charge is 2.11. The zero-order valence-electron chi connectivity index (χ0n) is 12.3. The van der Waals surface area contributed by atoms with Crippen molar-refractivity contribution in [2.75, 3.05) is 13.1 Å². The van der Waals surface area contributed by atoms with Crippen LogP contribution in [-0.2, 0) is 0 Å². The lowest BCUT2D eigenvalue weighted by Gasteiger charge is -2.03. The molecule has 1 aromatic carbocycles. The van der Waals surface area contributed by atoms with Crippen LogP contribution < -0.4 is 11.1 Å². The molecule has 0 saturated carbocycles. The van der Waals surface area contributed by atoms with Crippen molar-refractivity contribution in [3.05, 3.63) is 52.3 Å². The van der Waals surface area contributed by atoms with Gasteiger partial charge in [0.25, 0.3) is 11.6 Å². The smallest absolute Gasteiger partial charge is 0.271 e. The minimum atomic E-state index is -0.474. The molecule has 1 heterocycles. The minimum Gasteiger partial charge on any atom is -0.351 e. The Balaban J connectivity index is 0.00000264. The summed E-state index contributed by atoms with van der Waals surface area (Å²) in [6.07, 6.45) is 3.25. The highest BCUT2D eigenvalue weighted by atomic mass is 35.5. The Morgan fingerprint density at radius 3 is 2.83 bits per heavy atom. The van der Waals surface area contributed by atoms with Gasteiger partial charge in [-0.3, -0.25) is 14.9 Å². The maximum atomic E-state index is 11.9. The van der Waals surface area contributed by atoms with Gasteiger partial charge in [-0.15, -0.1) is 12.4 Å². The summed E-state index contributed by atoms with van der Waals surface area (Å²) in [5.41, 5.74) is 6.14. The molecule has 0 aliphatic heterocycles. The van der Waals surface area contributed by atoms with E-state index >= 15 is 0 Å². The monoisotopic (exact) mass is 339 g/mol. The van der Waals surface area contributed by atoms with E-state index in [0.717, 1.165) is 12.8 Å². The summed E-state index contributed by atoms with van der Waals surface area (Å²) in [6.45, 7) is 1.14. The minimum absolute atomic E-state index is 0. The number of benzene rings is 1. The number of nitro groups is 1. The van der Waals surface area contributed by atoms with Gasteiger partial charge in [-0.05, 0) is 31.5 Å². The molecule has 124 valence electrons. The van der Waals surface area contributed by atoms with Crippen LogP contribution in [0.15, 0.2) is 36.5 Å². The van der Waals surface area contributed by atoms with Crippen molar-refractivity contribution < 1.29 is 9.72 Å². The lowest BCUT2D eigenvalue weighted by atomic mass is 10.3. The van der Waals surface area contributed by atoms with Crippen LogP contribution >= 0.6 is 12.4 Å². The second kappa shape index (κ2) is 8.86. The number of amides is 1. The standard InChI is InChI=1S/C14H17N5O3.ClH/c15-7-1-2-8-16-14(20)13-6-9-18(17-13)11-4-3-5-12(10-11)19(21)22;/h3-6,9-10H,1-2,7-8,15H2,(H,16,20);1H. The first kappa shape index (κ1) is 18.6. The number of aromatic nitrogens is 2. The number of nitro benzene ring substituents is 1. The zero-order valence-corrected chi connectivity index (χ0v) is 13.2. The highest BCUT2D eigenvalue weighted by molar-refractivity contribution is 5.92. The van der Waals surface area contributed by atoms with Gasteiger partial charge in [0.05, 0.1) is 10.6 Å². The summed E-state index contributed by atoms with van der Waals surface area (Å²) in [6, 6.07) is 7.62. The van der Waals surface area contributed by atoms with E-state index in [1.54, 1.807) is 24.4 Å². The Kier molecular flexibility index (Phi) is 7.17. The van der Waals surface area contributed by atoms with Gasteiger partial charge < -0.3 is 11.1 Å². The predicted molar refractivity (Wildman–Crippen MR) is 88.1 cm³/mol. The Morgan fingerprint density at radius 2 is 2.13 bits per heavy atom. The van der Waals surface area contributed by atoms with Gasteiger partial charge in [0.2, 0.25) is 0 Å². The molecule has 0 saturated heterocycles. The third kappa shape index (κ3) is 5.04. The van der Waals surface area contributed by atoms with Crippen LogP contribution in [0.3, 0.4) is 0 Å². The largest absolute Gasteiger partial charge is 0.351 e. The van der Waals surface area contributed by atoms with E-state index in [1.165, 1.54) is 16.8 Å². The average molecular weight is 340 g/mol. The molecule has 2 aromatic rings. The van der Waals surface area contributed by atoms with Gasteiger partial charge in [0.15, 0.2) is 5.69 Å². The Hall–Kier alpha value is -2.45. The van der Waals surface area contributed by atoms with Gasteiger partial charge in [0.1, 0.15) is 0 Å². The van der Waals surface area contributed by atoms with Crippen LogP contribution in [0.2, 0.25) is 0 Å². The van der Waals surface area contributed by atoms with Crippen LogP contribution in [0.25, 0.3) is 5.69 Å². The topological polar surface area (TPSA) is 116 Å². The van der Waals surface area contributed by atoms with Crippen LogP contribution in [0, 0.1) is 10.1 Å². The lowest BCUT2D eigenvalue weighted by molar-refractivity contribution is -0.384. The molecule has 3 N–H and O–H groups in total. The molecule has 0 atom stereocenters. The molecule has 23 heavy (non-hydrogen) atoms. The molecule has 0 aliphatic rings. The average Bonchev–Trinajstić information content (AvgIpc) is 3.01. The third-order valence-corrected chi connectivity index (χ3v) is 3.04. The van der Waals surface area contributed by atoms with Crippen molar-refractivity contribution in [1.82, 2.24) is 15.1 Å². The molecule has 8 nitrogen and oxygen atoms in total. The second-order valence-corrected chi connectivity index (χ2v) is 4.67. The molecule has 0 bridgehead atoms. The third-order valence-electron chi connectivity index (χ3n) is 3.04. The van der Waals surface area contributed by atoms with E-state index in [2.05, 4.69) is 10.4 Å². The van der Waals surface area contributed by atoms with Gasteiger partial charge in [0, 0.05) is 24.9 Å². The van der Waals surface area contributed by atoms with E-state index in [4.69, 9.17) is 5.73 Å². The van der Waals surface area contributed by atoms with Crippen LogP contribution in [-0.4, -0.2) is 33.7 Å². The summed E-state index contributed by atoms with van der Waals surface area (Å²) in [4.78, 5) is 22.2. The van der Waals surface area contributed by atoms with Crippen LogP contribution in [0.1, 0.15) is 23.3 Å². The van der Waals surface area contributed by atoms with E-state index < -0.39 is 4.92 Å². The maximum absolute atomic E-state index is 11.9. The molecule has 9 heteroatoms. The van der Waals surface area contributed by atoms with E-state index in [1.807, 2.05) is 0 Å². The van der Waals surface area contributed by atoms with Crippen molar-refractivity contribution in [1.29, 1.82) is 0 Å². The first-order valence-corrected chi connectivity index (χ1v) is 6.90. The van der Waals surface area contributed by atoms with Crippen molar-refractivity contribution in [2.45, 2.75) is 12.8 Å². The van der Waals surface area contributed by atoms with E-state index in [0.29, 0.717) is 18.8 Å². The molecular weight excluding hydrogens is 322 g/mol. The molecule has 2 rings (SSSR count). The first-order chi connectivity index (χ1) is 10.6. The molecule has 1 aromatic heterocycles. The number of carbonyl (C=O) groups excluding carboxylic acids is 1. The van der Waals surface area contributed by atoms with Crippen LogP contribution in [0.4, 0.5) is 5.69 Å². The lowest BCUT2D eigenvalue weighted by Crippen LogP contribution is -2.25. The normalized spacial score (nSPS) is 9.96. The van der Waals surface area contributed by atoms with E-state index in [-0.39, 0.29) is 29.7 Å². The molecule has 0 spiro atoms. The quantitative estimate of drug-likeness (QED) is 0.452. The summed E-state index contributed by atoms with van der Waals surface area (Å²) in [5, 5.41) is 17.7. The number of nitrogens with zero attached hydrogens (tertiary/aromatic N) is 3. The molecule has 0 aliphatic carbocycles. The Bertz CT molecular complexity index is 674. The first-order valence-electron chi connectivity index (χ1n) is 6.90. The fourth-order valence-electron chi connectivity index (χ4n) is 1.90. The summed E-state index contributed by atoms with van der Waals surface area (Å²) in [5.74, 6) is -0.277. The van der Waals surface area contributed by atoms with Crippen molar-refractivity contribution in [3.8, 4) is 5.69 Å². The highest BCUT2D eigenvalue weighted by Crippen LogP contribution is 2.16. The summed E-state index contributed by atoms with van der Waals surface area (Å²) in [7, 11) is 0. The number of halogens is 1. The van der Waals surface area contributed by atoms with Crippen molar-refractivity contribution in [2.24, 2.45) is 5.73 Å². The molecule has 0 unspecified atom stereocenters. The summed E-state index contributed by atoms with van der Waals surface area (Å²) < 4.78 is 1.43. The number of hydrogen-bond acceptors (Lipinski definition) is 5. The molecule has 0 radical (unpaired) electrons. The SMILES string of the molecule is Cl.NCCCCNC(=O)c1ccn(-c2cccc([N+](=O)[O-])c2)n1. The van der Waals surface area contributed by atoms with Gasteiger partial charge in [-0.25, -0.2) is 4.68 Å². The maximum Gasteiger partial charge on any atom is 0.271 e. The van der Waals surface area contributed by atoms with Crippen molar-refractivity contribution in [3.63, 3.8) is 0 Å². The zero-order chi connectivity index (χ0) is 15.9. The molecule has 1 amide bonds. The Morgan fingerprint density at radius 1 is 1.35 bits per heavy atom. The predicted octanol–water partition coefficient (Wildman–Crippen LogP) is 1.67. The number of hydrogen-bond donors (Lipinski definition) is 2. The summed E-state index contributed by atoms with van der Waals surface area (Å²) >= 11 is 0. The number of nitrogens with one attached hydrogen (secondary N) is 1. The van der Waals surface area contributed by atoms with E-state index in [9.17, 15) is 14.9 Å². The molecule has 0 fully saturated rings. The fraction of sp³-hybridized carbons (Fsp3) is 0.286. The van der Waals surface area contributed by atoms with Gasteiger partial charge in [-0.2, -0.15) is 5.10 Å². The Labute approximate surface area is 139 Å². The van der Waals surface area contributed by atoms with Crippen LogP contribution in [0.5, 0.6) is 0 Å². The number of carbonyl (C=O) groups is 1. The fourth-order valence-corrected chi connectivity index (χ4v) is 1.90. The molecular formula is C14H18ClN5O3.